The van der Waals surface area contributed by atoms with Crippen molar-refractivity contribution in [2.75, 3.05) is 19.8 Å². The van der Waals surface area contributed by atoms with E-state index in [0.29, 0.717) is 6.54 Å². The number of nitrogens with one attached hydrogen (secondary N) is 1. The highest BCUT2D eigenvalue weighted by Gasteiger charge is 2.25. The lowest BCUT2D eigenvalue weighted by Gasteiger charge is -2.31. The number of ether oxygens (including phenoxy) is 1. The van der Waals surface area contributed by atoms with Crippen LogP contribution in [0.4, 0.5) is 0 Å². The molecule has 4 nitrogen and oxygen atoms in total. The molecule has 0 aliphatic heterocycles. The molecule has 0 heterocycles. The van der Waals surface area contributed by atoms with Crippen LogP contribution in [0.3, 0.4) is 0 Å². The van der Waals surface area contributed by atoms with Crippen LogP contribution in [0.25, 0.3) is 0 Å². The average molecular weight is 267 g/mol. The smallest absolute Gasteiger partial charge is 0.119 e. The highest BCUT2D eigenvalue weighted by atomic mass is 16.5. The summed E-state index contributed by atoms with van der Waals surface area (Å²) in [5.74, 6) is 0.751. The van der Waals surface area contributed by atoms with Gasteiger partial charge in [-0.25, -0.2) is 0 Å². The van der Waals surface area contributed by atoms with Crippen LogP contribution >= 0.6 is 0 Å². The van der Waals surface area contributed by atoms with Gasteiger partial charge in [-0.05, 0) is 25.0 Å². The molecule has 0 aromatic heterocycles. The lowest BCUT2D eigenvalue weighted by Crippen LogP contribution is -2.50. The number of hydrogen-bond acceptors (Lipinski definition) is 4. The third-order valence-corrected chi connectivity index (χ3v) is 3.55. The predicted molar refractivity (Wildman–Crippen MR) is 76.3 cm³/mol. The Morgan fingerprint density at radius 2 is 1.84 bits per heavy atom. The van der Waals surface area contributed by atoms with E-state index in [1.54, 1.807) is 0 Å². The molecule has 1 aromatic carbocycles. The van der Waals surface area contributed by atoms with Gasteiger partial charge in [-0.1, -0.05) is 32.0 Å². The van der Waals surface area contributed by atoms with Gasteiger partial charge in [0.25, 0.3) is 0 Å². The Kier molecular flexibility index (Phi) is 6.84. The van der Waals surface area contributed by atoms with E-state index in [1.807, 2.05) is 44.2 Å². The quantitative estimate of drug-likeness (QED) is 0.635. The first-order valence-corrected chi connectivity index (χ1v) is 6.87. The number of benzene rings is 1. The SMILES string of the molecule is CCC(CC)(CO)NCC(O)COc1ccccc1. The molecule has 0 amide bonds. The van der Waals surface area contributed by atoms with E-state index in [9.17, 15) is 10.2 Å². The minimum atomic E-state index is -0.593. The van der Waals surface area contributed by atoms with E-state index in [0.717, 1.165) is 18.6 Å². The van der Waals surface area contributed by atoms with Crippen LogP contribution in [-0.4, -0.2) is 41.6 Å². The maximum Gasteiger partial charge on any atom is 0.119 e. The molecule has 0 bridgehead atoms. The lowest BCUT2D eigenvalue weighted by molar-refractivity contribution is 0.0813. The topological polar surface area (TPSA) is 61.7 Å². The van der Waals surface area contributed by atoms with Crippen molar-refractivity contribution in [3.05, 3.63) is 30.3 Å². The summed E-state index contributed by atoms with van der Waals surface area (Å²) in [5.41, 5.74) is -0.298. The summed E-state index contributed by atoms with van der Waals surface area (Å²) in [5, 5.41) is 22.6. The van der Waals surface area contributed by atoms with Gasteiger partial charge in [0, 0.05) is 12.1 Å². The van der Waals surface area contributed by atoms with Gasteiger partial charge in [0.15, 0.2) is 0 Å². The summed E-state index contributed by atoms with van der Waals surface area (Å²) in [6.07, 6.45) is 1.06. The number of rotatable bonds is 9. The van der Waals surface area contributed by atoms with E-state index in [2.05, 4.69) is 5.32 Å². The summed E-state index contributed by atoms with van der Waals surface area (Å²) >= 11 is 0. The second kappa shape index (κ2) is 8.15. The number of hydrogen-bond donors (Lipinski definition) is 3. The van der Waals surface area contributed by atoms with Gasteiger partial charge in [-0.3, -0.25) is 0 Å². The highest BCUT2D eigenvalue weighted by molar-refractivity contribution is 5.20. The highest BCUT2D eigenvalue weighted by Crippen LogP contribution is 2.14. The fourth-order valence-electron chi connectivity index (χ4n) is 1.88. The Labute approximate surface area is 115 Å². The largest absolute Gasteiger partial charge is 0.491 e. The molecule has 19 heavy (non-hydrogen) atoms. The Bertz CT molecular complexity index is 330. The Hall–Kier alpha value is -1.10. The second-order valence-corrected chi connectivity index (χ2v) is 4.80. The molecule has 0 radical (unpaired) electrons. The van der Waals surface area contributed by atoms with E-state index >= 15 is 0 Å². The molecular formula is C15H25NO3. The van der Waals surface area contributed by atoms with Crippen molar-refractivity contribution in [3.8, 4) is 5.75 Å². The molecule has 1 rings (SSSR count). The van der Waals surface area contributed by atoms with E-state index in [1.165, 1.54) is 0 Å². The first kappa shape index (κ1) is 16.0. The molecule has 0 aliphatic carbocycles. The van der Waals surface area contributed by atoms with Crippen LogP contribution in [0.1, 0.15) is 26.7 Å². The minimum Gasteiger partial charge on any atom is -0.491 e. The van der Waals surface area contributed by atoms with Crippen LogP contribution in [0.2, 0.25) is 0 Å². The third kappa shape index (κ3) is 5.19. The van der Waals surface area contributed by atoms with E-state index in [4.69, 9.17) is 4.74 Å². The zero-order chi connectivity index (χ0) is 14.1. The molecule has 1 unspecified atom stereocenters. The maximum absolute atomic E-state index is 9.89. The van der Waals surface area contributed by atoms with Gasteiger partial charge in [0.2, 0.25) is 0 Å². The number of aliphatic hydroxyl groups is 2. The monoisotopic (exact) mass is 267 g/mol. The molecule has 3 N–H and O–H groups in total. The van der Waals surface area contributed by atoms with Crippen molar-refractivity contribution in [3.63, 3.8) is 0 Å². The standard InChI is InChI=1S/C15H25NO3/c1-3-15(4-2,12-17)16-10-13(18)11-19-14-8-6-5-7-9-14/h5-9,13,16-18H,3-4,10-12H2,1-2H3. The molecule has 0 fully saturated rings. The fourth-order valence-corrected chi connectivity index (χ4v) is 1.88. The fraction of sp³-hybridized carbons (Fsp3) is 0.600. The molecule has 1 atom stereocenters. The lowest BCUT2D eigenvalue weighted by atomic mass is 9.94. The van der Waals surface area contributed by atoms with Gasteiger partial charge < -0.3 is 20.3 Å². The van der Waals surface area contributed by atoms with Gasteiger partial charge in [-0.15, -0.1) is 0 Å². The first-order chi connectivity index (χ1) is 9.15. The summed E-state index contributed by atoms with van der Waals surface area (Å²) in [6.45, 7) is 4.78. The van der Waals surface area contributed by atoms with Crippen molar-refractivity contribution < 1.29 is 14.9 Å². The Morgan fingerprint density at radius 1 is 1.21 bits per heavy atom. The van der Waals surface area contributed by atoms with Crippen molar-refractivity contribution in [1.29, 1.82) is 0 Å². The van der Waals surface area contributed by atoms with Crippen LogP contribution in [0.15, 0.2) is 30.3 Å². The van der Waals surface area contributed by atoms with Crippen molar-refractivity contribution >= 4 is 0 Å². The Balaban J connectivity index is 2.33. The normalized spacial score (nSPS) is 13.3. The van der Waals surface area contributed by atoms with Gasteiger partial charge in [0.05, 0.1) is 6.61 Å². The summed E-state index contributed by atoms with van der Waals surface area (Å²) < 4.78 is 5.48. The number of aliphatic hydroxyl groups excluding tert-OH is 2. The maximum atomic E-state index is 9.89. The molecule has 0 saturated heterocycles. The van der Waals surface area contributed by atoms with Gasteiger partial charge >= 0.3 is 0 Å². The molecular weight excluding hydrogens is 242 g/mol. The van der Waals surface area contributed by atoms with Crippen LogP contribution in [0.5, 0.6) is 5.75 Å². The minimum absolute atomic E-state index is 0.0757. The molecule has 0 spiro atoms. The van der Waals surface area contributed by atoms with Crippen LogP contribution in [0, 0.1) is 0 Å². The molecule has 0 saturated carbocycles. The third-order valence-electron chi connectivity index (χ3n) is 3.55. The Morgan fingerprint density at radius 3 is 2.37 bits per heavy atom. The van der Waals surface area contributed by atoms with Crippen LogP contribution < -0.4 is 10.1 Å². The van der Waals surface area contributed by atoms with Crippen molar-refractivity contribution in [2.24, 2.45) is 0 Å². The van der Waals surface area contributed by atoms with Crippen LogP contribution in [-0.2, 0) is 0 Å². The van der Waals surface area contributed by atoms with E-state index in [-0.39, 0.29) is 18.8 Å². The average Bonchev–Trinajstić information content (AvgIpc) is 2.48. The number of β-amino-alcohol motifs (C(OH)–C–C–N with tert-alkyl or cyclic N) is 1. The zero-order valence-corrected chi connectivity index (χ0v) is 11.8. The summed E-state index contributed by atoms with van der Waals surface area (Å²) in [6, 6.07) is 9.42. The second-order valence-electron chi connectivity index (χ2n) is 4.80. The summed E-state index contributed by atoms with van der Waals surface area (Å²) in [4.78, 5) is 0. The summed E-state index contributed by atoms with van der Waals surface area (Å²) in [7, 11) is 0. The van der Waals surface area contributed by atoms with Crippen molar-refractivity contribution in [2.45, 2.75) is 38.3 Å². The predicted octanol–water partition coefficient (Wildman–Crippen LogP) is 1.57. The van der Waals surface area contributed by atoms with Gasteiger partial charge in [-0.2, -0.15) is 0 Å². The zero-order valence-electron chi connectivity index (χ0n) is 11.8. The molecule has 108 valence electrons. The van der Waals surface area contributed by atoms with Crippen molar-refractivity contribution in [1.82, 2.24) is 5.32 Å². The molecule has 1 aromatic rings. The first-order valence-electron chi connectivity index (χ1n) is 6.87. The van der Waals surface area contributed by atoms with E-state index < -0.39 is 6.10 Å². The number of para-hydroxylation sites is 1. The molecule has 4 heteroatoms. The van der Waals surface area contributed by atoms with Gasteiger partial charge in [0.1, 0.15) is 18.5 Å². The molecule has 0 aliphatic rings.